The topological polar surface area (TPSA) is 97.6 Å². The molecule has 1 heterocycles. The smallest absolute Gasteiger partial charge is 0.406 e. The number of imidazole rings is 1. The molecule has 3 rings (SSSR count). The van der Waals surface area contributed by atoms with Gasteiger partial charge in [-0.3, -0.25) is 4.84 Å². The molecule has 8 nitrogen and oxygen atoms in total. The van der Waals surface area contributed by atoms with Crippen LogP contribution in [0.4, 0.5) is 25.0 Å². The summed E-state index contributed by atoms with van der Waals surface area (Å²) in [6, 6.07) is 5.56. The van der Waals surface area contributed by atoms with E-state index in [9.17, 15) is 9.18 Å². The maximum atomic E-state index is 15.1. The molecule has 0 aliphatic heterocycles. The molecule has 0 bridgehead atoms. The van der Waals surface area contributed by atoms with Gasteiger partial charge in [0.2, 0.25) is 0 Å². The van der Waals surface area contributed by atoms with E-state index in [1.165, 1.54) is 29.1 Å². The molecule has 0 aliphatic rings. The first-order valence-corrected chi connectivity index (χ1v) is 8.76. The lowest BCUT2D eigenvalue weighted by Gasteiger charge is -2.15. The molecule has 0 fully saturated rings. The van der Waals surface area contributed by atoms with Gasteiger partial charge in [0.05, 0.1) is 30.7 Å². The third kappa shape index (κ3) is 4.21. The first-order chi connectivity index (χ1) is 13.4. The summed E-state index contributed by atoms with van der Waals surface area (Å²) in [5, 5.41) is 11.3. The highest BCUT2D eigenvalue weighted by atomic mass is 79.9. The van der Waals surface area contributed by atoms with Crippen LogP contribution in [0.3, 0.4) is 0 Å². The minimum absolute atomic E-state index is 0.0202. The van der Waals surface area contributed by atoms with Gasteiger partial charge in [0.1, 0.15) is 17.0 Å². The highest BCUT2D eigenvalue weighted by Gasteiger charge is 2.21. The Labute approximate surface area is 166 Å². The van der Waals surface area contributed by atoms with Crippen LogP contribution in [0, 0.1) is 11.6 Å². The molecule has 0 saturated heterocycles. The Morgan fingerprint density at radius 3 is 2.86 bits per heavy atom. The molecule has 0 saturated carbocycles. The number of halogens is 3. The predicted molar refractivity (Wildman–Crippen MR) is 100 cm³/mol. The molecule has 148 valence electrons. The number of nitrogens with one attached hydrogen (secondary N) is 2. The van der Waals surface area contributed by atoms with Crippen molar-refractivity contribution in [3.8, 4) is 5.75 Å². The summed E-state index contributed by atoms with van der Waals surface area (Å²) in [4.78, 5) is 20.5. The lowest BCUT2D eigenvalue weighted by Crippen LogP contribution is -2.28. The van der Waals surface area contributed by atoms with Crippen molar-refractivity contribution in [2.75, 3.05) is 18.5 Å². The molecule has 0 radical (unpaired) electrons. The standard InChI is InChI=1S/C17H15BrF2N4O4/c1-24-8-21-15-12(24)7-13(28-17(26)23-27-5-4-25)16(14(15)20)22-11-3-2-9(18)6-10(11)19/h2-3,6-8,22,25H,4-5H2,1H3,(H,23,26). The number of ether oxygens (including phenoxy) is 1. The lowest BCUT2D eigenvalue weighted by molar-refractivity contribution is 0.0246. The van der Waals surface area contributed by atoms with Crippen LogP contribution in [0.25, 0.3) is 11.0 Å². The maximum absolute atomic E-state index is 15.1. The fraction of sp³-hybridized carbons (Fsp3) is 0.176. The quantitative estimate of drug-likeness (QED) is 0.388. The number of nitrogens with zero attached hydrogens (tertiary/aromatic N) is 2. The number of hydrogen-bond acceptors (Lipinski definition) is 6. The second kappa shape index (κ2) is 8.50. The predicted octanol–water partition coefficient (Wildman–Crippen LogP) is 3.37. The van der Waals surface area contributed by atoms with Gasteiger partial charge in [-0.2, -0.15) is 5.48 Å². The molecule has 11 heteroatoms. The number of carbonyl (C=O) groups is 1. The summed E-state index contributed by atoms with van der Waals surface area (Å²) in [5.41, 5.74) is 2.02. The highest BCUT2D eigenvalue weighted by Crippen LogP contribution is 2.36. The van der Waals surface area contributed by atoms with Crippen molar-refractivity contribution in [1.82, 2.24) is 15.0 Å². The molecule has 2 aromatic carbocycles. The van der Waals surface area contributed by atoms with E-state index < -0.39 is 17.7 Å². The fourth-order valence-corrected chi connectivity index (χ4v) is 2.73. The number of carbonyl (C=O) groups excluding carboxylic acids is 1. The van der Waals surface area contributed by atoms with Gasteiger partial charge in [-0.1, -0.05) is 15.9 Å². The number of anilines is 2. The zero-order valence-electron chi connectivity index (χ0n) is 14.5. The minimum atomic E-state index is -1.05. The van der Waals surface area contributed by atoms with Crippen molar-refractivity contribution in [1.29, 1.82) is 0 Å². The number of aliphatic hydroxyl groups is 1. The van der Waals surface area contributed by atoms with Crippen LogP contribution in [-0.2, 0) is 11.9 Å². The van der Waals surface area contributed by atoms with Gasteiger partial charge in [0.25, 0.3) is 0 Å². The number of hydrogen-bond donors (Lipinski definition) is 3. The Bertz CT molecular complexity index is 1030. The van der Waals surface area contributed by atoms with E-state index in [1.807, 2.05) is 5.48 Å². The first-order valence-electron chi connectivity index (χ1n) is 7.96. The van der Waals surface area contributed by atoms with Crippen LogP contribution < -0.4 is 15.5 Å². The summed E-state index contributed by atoms with van der Waals surface area (Å²) < 4.78 is 36.4. The van der Waals surface area contributed by atoms with Crippen LogP contribution in [0.2, 0.25) is 0 Å². The third-order valence-corrected chi connectivity index (χ3v) is 4.16. The molecule has 3 N–H and O–H groups in total. The molecular formula is C17H15BrF2N4O4. The Kier molecular flexibility index (Phi) is 6.07. The number of aromatic nitrogens is 2. The van der Waals surface area contributed by atoms with Crippen molar-refractivity contribution in [3.05, 3.63) is 46.7 Å². The lowest BCUT2D eigenvalue weighted by atomic mass is 10.2. The molecule has 0 aliphatic carbocycles. The second-order valence-electron chi connectivity index (χ2n) is 5.60. The van der Waals surface area contributed by atoms with Gasteiger partial charge in [-0.15, -0.1) is 0 Å². The highest BCUT2D eigenvalue weighted by molar-refractivity contribution is 9.10. The maximum Gasteiger partial charge on any atom is 0.436 e. The zero-order valence-corrected chi connectivity index (χ0v) is 16.1. The molecule has 1 amide bonds. The number of aliphatic hydroxyl groups excluding tert-OH is 1. The summed E-state index contributed by atoms with van der Waals surface area (Å²) in [6.07, 6.45) is 0.347. The van der Waals surface area contributed by atoms with E-state index in [0.717, 1.165) is 0 Å². The summed E-state index contributed by atoms with van der Waals surface area (Å²) in [6.45, 7) is -0.467. The van der Waals surface area contributed by atoms with Crippen LogP contribution in [0.15, 0.2) is 35.1 Å². The monoisotopic (exact) mass is 456 g/mol. The molecule has 3 aromatic rings. The Morgan fingerprint density at radius 1 is 1.36 bits per heavy atom. The number of hydroxylamine groups is 1. The van der Waals surface area contributed by atoms with E-state index in [4.69, 9.17) is 9.84 Å². The largest absolute Gasteiger partial charge is 0.436 e. The van der Waals surface area contributed by atoms with Gasteiger partial charge in [-0.05, 0) is 18.2 Å². The summed E-state index contributed by atoms with van der Waals surface area (Å²) >= 11 is 3.14. The van der Waals surface area contributed by atoms with Crippen LogP contribution in [-0.4, -0.2) is 34.0 Å². The molecule has 0 unspecified atom stereocenters. The van der Waals surface area contributed by atoms with Crippen molar-refractivity contribution >= 4 is 44.4 Å². The van der Waals surface area contributed by atoms with E-state index in [-0.39, 0.29) is 35.9 Å². The second-order valence-corrected chi connectivity index (χ2v) is 6.52. The number of fused-ring (bicyclic) bond motifs is 1. The van der Waals surface area contributed by atoms with Gasteiger partial charge in [0, 0.05) is 17.6 Å². The number of amides is 1. The van der Waals surface area contributed by atoms with Crippen molar-refractivity contribution in [3.63, 3.8) is 0 Å². The Hall–Kier alpha value is -2.76. The van der Waals surface area contributed by atoms with E-state index in [2.05, 4.69) is 31.1 Å². The Morgan fingerprint density at radius 2 is 2.14 bits per heavy atom. The number of aryl methyl sites for hydroxylation is 1. The molecule has 28 heavy (non-hydrogen) atoms. The van der Waals surface area contributed by atoms with Crippen LogP contribution >= 0.6 is 15.9 Å². The summed E-state index contributed by atoms with van der Waals surface area (Å²) in [5.74, 6) is -1.67. The molecule has 0 atom stereocenters. The number of benzene rings is 2. The summed E-state index contributed by atoms with van der Waals surface area (Å²) in [7, 11) is 1.64. The van der Waals surface area contributed by atoms with Crippen LogP contribution in [0.5, 0.6) is 5.75 Å². The van der Waals surface area contributed by atoms with Crippen LogP contribution in [0.1, 0.15) is 0 Å². The molecule has 1 aromatic heterocycles. The van der Waals surface area contributed by atoms with Gasteiger partial charge < -0.3 is 19.7 Å². The number of rotatable bonds is 6. The van der Waals surface area contributed by atoms with Gasteiger partial charge >= 0.3 is 6.09 Å². The van der Waals surface area contributed by atoms with Crippen molar-refractivity contribution in [2.45, 2.75) is 0 Å². The average molecular weight is 457 g/mol. The first kappa shape index (κ1) is 20.0. The molecule has 0 spiro atoms. The Balaban J connectivity index is 2.00. The normalized spacial score (nSPS) is 10.9. The van der Waals surface area contributed by atoms with Gasteiger partial charge in [0.15, 0.2) is 11.6 Å². The minimum Gasteiger partial charge on any atom is -0.406 e. The van der Waals surface area contributed by atoms with E-state index in [0.29, 0.717) is 9.99 Å². The third-order valence-electron chi connectivity index (χ3n) is 3.67. The van der Waals surface area contributed by atoms with Crippen molar-refractivity contribution < 1.29 is 28.3 Å². The van der Waals surface area contributed by atoms with Crippen molar-refractivity contribution in [2.24, 2.45) is 7.05 Å². The van der Waals surface area contributed by atoms with Gasteiger partial charge in [-0.25, -0.2) is 18.6 Å². The zero-order chi connectivity index (χ0) is 20.3. The average Bonchev–Trinajstić information content (AvgIpc) is 3.01. The van der Waals surface area contributed by atoms with E-state index >= 15 is 4.39 Å². The fourth-order valence-electron chi connectivity index (χ4n) is 2.40. The van der Waals surface area contributed by atoms with E-state index in [1.54, 1.807) is 13.1 Å². The molecular weight excluding hydrogens is 442 g/mol. The SMILES string of the molecule is Cn1cnc2c(F)c(Nc3ccc(Br)cc3F)c(OC(=O)NOCCO)cc21.